The molecular weight excluding hydrogens is 330 g/mol. The molecular formula is C6HCl2F9O. The van der Waals surface area contributed by atoms with E-state index in [0.717, 1.165) is 0 Å². The van der Waals surface area contributed by atoms with Crippen molar-refractivity contribution in [3.63, 3.8) is 0 Å². The van der Waals surface area contributed by atoms with Gasteiger partial charge in [0.05, 0.1) is 0 Å². The van der Waals surface area contributed by atoms with Gasteiger partial charge in [-0.05, 0) is 0 Å². The Labute approximate surface area is 103 Å². The van der Waals surface area contributed by atoms with Gasteiger partial charge in [0, 0.05) is 0 Å². The van der Waals surface area contributed by atoms with Crippen molar-refractivity contribution in [2.24, 2.45) is 0 Å². The lowest BCUT2D eigenvalue weighted by molar-refractivity contribution is -0.340. The molecule has 1 atom stereocenters. The molecule has 0 aliphatic carbocycles. The van der Waals surface area contributed by atoms with E-state index < -0.39 is 34.6 Å². The highest BCUT2D eigenvalue weighted by atomic mass is 35.5. The number of halogens is 11. The van der Waals surface area contributed by atoms with Crippen molar-refractivity contribution >= 4 is 23.2 Å². The summed E-state index contributed by atoms with van der Waals surface area (Å²) in [6.07, 6.45) is -11.1. The zero-order valence-corrected chi connectivity index (χ0v) is 9.16. The highest BCUT2D eigenvalue weighted by molar-refractivity contribution is 6.48. The van der Waals surface area contributed by atoms with Crippen molar-refractivity contribution < 1.29 is 44.3 Å². The van der Waals surface area contributed by atoms with Gasteiger partial charge < -0.3 is 4.74 Å². The predicted octanol–water partition coefficient (Wildman–Crippen LogP) is 3.98. The number of ether oxygens (including phenoxy) is 1. The van der Waals surface area contributed by atoms with Crippen LogP contribution in [0, 0.1) is 0 Å². The molecule has 1 rings (SSSR count). The van der Waals surface area contributed by atoms with E-state index in [0.29, 0.717) is 0 Å². The molecule has 0 saturated carbocycles. The third-order valence-corrected chi connectivity index (χ3v) is 2.74. The summed E-state index contributed by atoms with van der Waals surface area (Å²) in [4.78, 5) is 0. The highest BCUT2D eigenvalue weighted by Crippen LogP contribution is 2.62. The van der Waals surface area contributed by atoms with Gasteiger partial charge in [0.1, 0.15) is 0 Å². The summed E-state index contributed by atoms with van der Waals surface area (Å²) in [5.74, 6) is -17.8. The lowest BCUT2D eigenvalue weighted by Crippen LogP contribution is -2.57. The van der Waals surface area contributed by atoms with Crippen LogP contribution in [0.3, 0.4) is 0 Å². The van der Waals surface area contributed by atoms with Crippen molar-refractivity contribution in [1.29, 1.82) is 0 Å². The molecule has 1 fully saturated rings. The maximum absolute atomic E-state index is 12.9. The number of hydrogen-bond acceptors (Lipinski definition) is 1. The van der Waals surface area contributed by atoms with Gasteiger partial charge in [0.15, 0.2) is 0 Å². The Bertz CT molecular complexity index is 349. The van der Waals surface area contributed by atoms with Gasteiger partial charge in [0.2, 0.25) is 6.10 Å². The van der Waals surface area contributed by atoms with Crippen LogP contribution in [-0.2, 0) is 4.74 Å². The van der Waals surface area contributed by atoms with E-state index in [1.165, 1.54) is 0 Å². The van der Waals surface area contributed by atoms with Crippen molar-refractivity contribution in [1.82, 2.24) is 0 Å². The fraction of sp³-hybridized carbons (Fsp3) is 1.00. The van der Waals surface area contributed by atoms with Gasteiger partial charge in [0.25, 0.3) is 4.52 Å². The molecule has 0 radical (unpaired) electrons. The minimum atomic E-state index is -6.54. The molecule has 0 unspecified atom stereocenters. The fourth-order valence-corrected chi connectivity index (χ4v) is 1.54. The fourth-order valence-electron chi connectivity index (χ4n) is 1.11. The van der Waals surface area contributed by atoms with Gasteiger partial charge in [-0.3, -0.25) is 0 Å². The quantitative estimate of drug-likeness (QED) is 0.522. The average Bonchev–Trinajstić information content (AvgIpc) is 2.22. The molecule has 1 aliphatic rings. The number of alkyl halides is 11. The summed E-state index contributed by atoms with van der Waals surface area (Å²) in [6.45, 7) is 0. The minimum Gasteiger partial charge on any atom is -0.325 e. The Morgan fingerprint density at radius 2 is 1.28 bits per heavy atom. The summed E-state index contributed by atoms with van der Waals surface area (Å²) in [5.41, 5.74) is 0. The Kier molecular flexibility index (Phi) is 3.30. The third kappa shape index (κ3) is 1.83. The van der Waals surface area contributed by atoms with Crippen LogP contribution in [-0.4, -0.2) is 34.6 Å². The van der Waals surface area contributed by atoms with E-state index in [9.17, 15) is 39.5 Å². The normalized spacial score (nSPS) is 30.5. The maximum atomic E-state index is 12.9. The zero-order valence-electron chi connectivity index (χ0n) is 7.64. The van der Waals surface area contributed by atoms with Crippen molar-refractivity contribution in [3.8, 4) is 0 Å². The summed E-state index contributed by atoms with van der Waals surface area (Å²) >= 11 is 9.01. The first-order chi connectivity index (χ1) is 7.59. The molecule has 0 aromatic carbocycles. The second-order valence-corrected chi connectivity index (χ2v) is 4.59. The van der Waals surface area contributed by atoms with Crippen molar-refractivity contribution in [2.45, 2.75) is 34.6 Å². The molecule has 108 valence electrons. The SMILES string of the molecule is FC(F)(F)C(F)(F)[C@H]1OC(Cl)(Cl)C(F)(F)C1(F)F. The Balaban J connectivity index is 3.31. The molecule has 1 aliphatic heterocycles. The molecule has 12 heteroatoms. The second kappa shape index (κ2) is 3.72. The summed E-state index contributed by atoms with van der Waals surface area (Å²) in [6, 6.07) is 0. The summed E-state index contributed by atoms with van der Waals surface area (Å²) < 4.78 is 111. The largest absolute Gasteiger partial charge is 0.456 e. The van der Waals surface area contributed by atoms with Crippen LogP contribution in [0.4, 0.5) is 39.5 Å². The van der Waals surface area contributed by atoms with E-state index in [1.807, 2.05) is 0 Å². The average molecular weight is 331 g/mol. The molecule has 0 aromatic rings. The van der Waals surface area contributed by atoms with Crippen LogP contribution in [0.15, 0.2) is 0 Å². The Morgan fingerprint density at radius 3 is 1.50 bits per heavy atom. The first-order valence-corrected chi connectivity index (χ1v) is 4.60. The van der Waals surface area contributed by atoms with E-state index >= 15 is 0 Å². The van der Waals surface area contributed by atoms with Gasteiger partial charge in [-0.25, -0.2) is 0 Å². The summed E-state index contributed by atoms with van der Waals surface area (Å²) in [5, 5.41) is 0. The maximum Gasteiger partial charge on any atom is 0.456 e. The van der Waals surface area contributed by atoms with Crippen LogP contribution in [0.5, 0.6) is 0 Å². The molecule has 1 nitrogen and oxygen atoms in total. The van der Waals surface area contributed by atoms with Crippen LogP contribution in [0.1, 0.15) is 0 Å². The van der Waals surface area contributed by atoms with Crippen LogP contribution in [0.25, 0.3) is 0 Å². The lowest BCUT2D eigenvalue weighted by atomic mass is 10.0. The van der Waals surface area contributed by atoms with E-state index in [-0.39, 0.29) is 0 Å². The topological polar surface area (TPSA) is 9.23 Å². The Hall–Kier alpha value is -0.0900. The molecule has 18 heavy (non-hydrogen) atoms. The van der Waals surface area contributed by atoms with Gasteiger partial charge in [-0.1, -0.05) is 23.2 Å². The standard InChI is InChI=1S/C6HCl2F9O/c7-5(8)4(13,14)2(9,10)1(18-5)3(11,12)6(15,16)17/h1H/t1-/m0/s1. The second-order valence-electron chi connectivity index (χ2n) is 3.33. The van der Waals surface area contributed by atoms with E-state index in [2.05, 4.69) is 27.9 Å². The predicted molar refractivity (Wildman–Crippen MR) is 40.2 cm³/mol. The number of hydrogen-bond donors (Lipinski definition) is 0. The minimum absolute atomic E-state index is 3.13. The molecule has 0 amide bonds. The van der Waals surface area contributed by atoms with Crippen LogP contribution < -0.4 is 0 Å². The van der Waals surface area contributed by atoms with Crippen LogP contribution in [0.2, 0.25) is 0 Å². The molecule has 0 N–H and O–H groups in total. The van der Waals surface area contributed by atoms with Gasteiger partial charge >= 0.3 is 23.9 Å². The first kappa shape index (κ1) is 16.0. The lowest BCUT2D eigenvalue weighted by Gasteiger charge is -2.28. The molecule has 0 aromatic heterocycles. The zero-order chi connectivity index (χ0) is 14.8. The van der Waals surface area contributed by atoms with Gasteiger partial charge in [-0.15, -0.1) is 0 Å². The number of rotatable bonds is 1. The first-order valence-electron chi connectivity index (χ1n) is 3.85. The van der Waals surface area contributed by atoms with Crippen molar-refractivity contribution in [2.75, 3.05) is 0 Å². The van der Waals surface area contributed by atoms with Gasteiger partial charge in [-0.2, -0.15) is 39.5 Å². The third-order valence-electron chi connectivity index (χ3n) is 2.09. The van der Waals surface area contributed by atoms with E-state index in [4.69, 9.17) is 0 Å². The molecule has 0 spiro atoms. The van der Waals surface area contributed by atoms with E-state index in [1.54, 1.807) is 0 Å². The molecule has 1 heterocycles. The van der Waals surface area contributed by atoms with Crippen molar-refractivity contribution in [3.05, 3.63) is 0 Å². The van der Waals surface area contributed by atoms with Crippen LogP contribution >= 0.6 is 23.2 Å². The Morgan fingerprint density at radius 1 is 0.889 bits per heavy atom. The summed E-state index contributed by atoms with van der Waals surface area (Å²) in [7, 11) is 0. The molecule has 1 saturated heterocycles. The smallest absolute Gasteiger partial charge is 0.325 e. The molecule has 0 bridgehead atoms. The highest BCUT2D eigenvalue weighted by Gasteiger charge is 2.87. The monoisotopic (exact) mass is 330 g/mol.